The van der Waals surface area contributed by atoms with Crippen molar-refractivity contribution >= 4 is 27.3 Å². The van der Waals surface area contributed by atoms with Gasteiger partial charge in [-0.3, -0.25) is 0 Å². The third-order valence-electron chi connectivity index (χ3n) is 2.75. The molecule has 0 bridgehead atoms. The molecule has 1 nitrogen and oxygen atoms in total. The quantitative estimate of drug-likeness (QED) is 0.760. The lowest BCUT2D eigenvalue weighted by atomic mass is 10.0. The molecule has 0 amide bonds. The van der Waals surface area contributed by atoms with Crippen molar-refractivity contribution in [3.63, 3.8) is 0 Å². The van der Waals surface area contributed by atoms with E-state index in [0.717, 1.165) is 15.4 Å². The maximum absolute atomic E-state index is 13.6. The van der Waals surface area contributed by atoms with Gasteiger partial charge in [-0.15, -0.1) is 11.3 Å². The second kappa shape index (κ2) is 5.83. The molecule has 0 saturated carbocycles. The van der Waals surface area contributed by atoms with E-state index in [2.05, 4.69) is 15.9 Å². The second-order valence-electron chi connectivity index (χ2n) is 4.15. The van der Waals surface area contributed by atoms with E-state index in [4.69, 9.17) is 0 Å². The number of benzene rings is 1. The number of halogens is 5. The summed E-state index contributed by atoms with van der Waals surface area (Å²) in [6.45, 7) is 0. The molecule has 1 aromatic carbocycles. The summed E-state index contributed by atoms with van der Waals surface area (Å²) in [5.41, 5.74) is -1.32. The van der Waals surface area contributed by atoms with Gasteiger partial charge < -0.3 is 5.11 Å². The fraction of sp³-hybridized carbons (Fsp3) is 0.231. The van der Waals surface area contributed by atoms with Gasteiger partial charge >= 0.3 is 6.18 Å². The number of thiophene rings is 1. The highest BCUT2D eigenvalue weighted by Gasteiger charge is 2.32. The van der Waals surface area contributed by atoms with Crippen LogP contribution in [0.4, 0.5) is 17.6 Å². The summed E-state index contributed by atoms with van der Waals surface area (Å²) in [4.78, 5) is 0.745. The standard InChI is InChI=1S/C13H9BrF4OS/c14-9-3-4-20-12(9)6-11(19)8-5-7(13(16,17)18)1-2-10(8)15/h1-5,11,19H,6H2. The lowest BCUT2D eigenvalue weighted by Crippen LogP contribution is -2.09. The van der Waals surface area contributed by atoms with Crippen LogP contribution in [0.2, 0.25) is 0 Å². The minimum atomic E-state index is -4.56. The summed E-state index contributed by atoms with van der Waals surface area (Å²) in [6, 6.07) is 3.80. The molecule has 2 aromatic rings. The molecule has 0 aliphatic heterocycles. The lowest BCUT2D eigenvalue weighted by molar-refractivity contribution is -0.137. The Balaban J connectivity index is 2.29. The molecule has 0 saturated heterocycles. The van der Waals surface area contributed by atoms with Gasteiger partial charge in [-0.05, 0) is 45.6 Å². The van der Waals surface area contributed by atoms with Gasteiger partial charge in [-0.25, -0.2) is 4.39 Å². The molecule has 1 atom stereocenters. The van der Waals surface area contributed by atoms with Crippen LogP contribution in [-0.4, -0.2) is 5.11 Å². The zero-order chi connectivity index (χ0) is 14.9. The zero-order valence-corrected chi connectivity index (χ0v) is 12.3. The van der Waals surface area contributed by atoms with Gasteiger partial charge in [0.1, 0.15) is 5.82 Å². The van der Waals surface area contributed by atoms with Crippen molar-refractivity contribution in [1.29, 1.82) is 0 Å². The second-order valence-corrected chi connectivity index (χ2v) is 6.00. The van der Waals surface area contributed by atoms with Crippen molar-refractivity contribution in [2.45, 2.75) is 18.7 Å². The summed E-state index contributed by atoms with van der Waals surface area (Å²) in [5, 5.41) is 11.7. The molecule has 0 spiro atoms. The number of aliphatic hydroxyl groups is 1. The van der Waals surface area contributed by atoms with E-state index in [1.165, 1.54) is 11.3 Å². The zero-order valence-electron chi connectivity index (χ0n) is 9.92. The Morgan fingerprint density at radius 2 is 1.95 bits per heavy atom. The Bertz CT molecular complexity index is 609. The first kappa shape index (κ1) is 15.5. The molecule has 1 heterocycles. The van der Waals surface area contributed by atoms with E-state index in [1.807, 2.05) is 0 Å². The van der Waals surface area contributed by atoms with Gasteiger partial charge in [0, 0.05) is 21.3 Å². The number of rotatable bonds is 3. The summed E-state index contributed by atoms with van der Waals surface area (Å²) < 4.78 is 52.1. The molecular formula is C13H9BrF4OS. The van der Waals surface area contributed by atoms with Crippen LogP contribution in [0.5, 0.6) is 0 Å². The predicted molar refractivity (Wildman–Crippen MR) is 72.1 cm³/mol. The topological polar surface area (TPSA) is 20.2 Å². The Morgan fingerprint density at radius 3 is 2.50 bits per heavy atom. The smallest absolute Gasteiger partial charge is 0.388 e. The Hall–Kier alpha value is -0.920. The predicted octanol–water partition coefficient (Wildman–Crippen LogP) is 4.94. The normalized spacial score (nSPS) is 13.5. The van der Waals surface area contributed by atoms with Gasteiger partial charge in [-0.1, -0.05) is 0 Å². The highest BCUT2D eigenvalue weighted by Crippen LogP contribution is 2.34. The minimum Gasteiger partial charge on any atom is -0.388 e. The molecule has 1 N–H and O–H groups in total. The fourth-order valence-electron chi connectivity index (χ4n) is 1.73. The first-order valence-electron chi connectivity index (χ1n) is 5.55. The van der Waals surface area contributed by atoms with E-state index in [9.17, 15) is 22.7 Å². The average molecular weight is 369 g/mol. The minimum absolute atomic E-state index is 0.0521. The number of hydrogen-bond acceptors (Lipinski definition) is 2. The van der Waals surface area contributed by atoms with Crippen LogP contribution in [0, 0.1) is 5.82 Å². The molecule has 20 heavy (non-hydrogen) atoms. The van der Waals surface area contributed by atoms with Crippen LogP contribution in [0.15, 0.2) is 34.1 Å². The van der Waals surface area contributed by atoms with Gasteiger partial charge in [0.25, 0.3) is 0 Å². The monoisotopic (exact) mass is 368 g/mol. The summed E-state index contributed by atoms with van der Waals surface area (Å²) in [6.07, 6.45) is -5.84. The van der Waals surface area contributed by atoms with Crippen LogP contribution in [0.1, 0.15) is 22.1 Å². The number of alkyl halides is 3. The van der Waals surface area contributed by atoms with Crippen LogP contribution in [-0.2, 0) is 12.6 Å². The summed E-state index contributed by atoms with van der Waals surface area (Å²) in [7, 11) is 0. The maximum Gasteiger partial charge on any atom is 0.416 e. The fourth-order valence-corrected chi connectivity index (χ4v) is 3.28. The SMILES string of the molecule is OC(Cc1sccc1Br)c1cc(C(F)(F)F)ccc1F. The van der Waals surface area contributed by atoms with Crippen LogP contribution >= 0.6 is 27.3 Å². The number of aliphatic hydroxyl groups excluding tert-OH is 1. The van der Waals surface area contributed by atoms with E-state index >= 15 is 0 Å². The lowest BCUT2D eigenvalue weighted by Gasteiger charge is -2.14. The Morgan fingerprint density at radius 1 is 1.25 bits per heavy atom. The van der Waals surface area contributed by atoms with Gasteiger partial charge in [0.05, 0.1) is 11.7 Å². The van der Waals surface area contributed by atoms with Crippen molar-refractivity contribution < 1.29 is 22.7 Å². The first-order chi connectivity index (χ1) is 9.29. The van der Waals surface area contributed by atoms with E-state index in [1.54, 1.807) is 11.4 Å². The molecular weight excluding hydrogens is 360 g/mol. The Labute approximate surface area is 125 Å². The molecule has 0 aliphatic rings. The molecule has 0 fully saturated rings. The van der Waals surface area contributed by atoms with E-state index in [0.29, 0.717) is 12.1 Å². The molecule has 108 valence electrons. The van der Waals surface area contributed by atoms with Gasteiger partial charge in [0.15, 0.2) is 0 Å². The number of hydrogen-bond donors (Lipinski definition) is 1. The van der Waals surface area contributed by atoms with E-state index in [-0.39, 0.29) is 12.0 Å². The van der Waals surface area contributed by atoms with Gasteiger partial charge in [-0.2, -0.15) is 13.2 Å². The molecule has 7 heteroatoms. The van der Waals surface area contributed by atoms with Crippen molar-refractivity contribution in [3.8, 4) is 0 Å². The molecule has 0 radical (unpaired) electrons. The van der Waals surface area contributed by atoms with Crippen molar-refractivity contribution in [2.75, 3.05) is 0 Å². The van der Waals surface area contributed by atoms with Crippen molar-refractivity contribution in [2.24, 2.45) is 0 Å². The first-order valence-corrected chi connectivity index (χ1v) is 7.23. The van der Waals surface area contributed by atoms with Crippen molar-refractivity contribution in [1.82, 2.24) is 0 Å². The van der Waals surface area contributed by atoms with Crippen LogP contribution in [0.3, 0.4) is 0 Å². The summed E-state index contributed by atoms with van der Waals surface area (Å²) >= 11 is 4.59. The maximum atomic E-state index is 13.6. The largest absolute Gasteiger partial charge is 0.416 e. The molecule has 0 aliphatic carbocycles. The molecule has 1 unspecified atom stereocenters. The molecule has 1 aromatic heterocycles. The third kappa shape index (κ3) is 3.39. The Kier molecular flexibility index (Phi) is 4.51. The third-order valence-corrected chi connectivity index (χ3v) is 4.70. The highest BCUT2D eigenvalue weighted by atomic mass is 79.9. The highest BCUT2D eigenvalue weighted by molar-refractivity contribution is 9.10. The summed E-state index contributed by atoms with van der Waals surface area (Å²) in [5.74, 6) is -0.849. The van der Waals surface area contributed by atoms with Crippen LogP contribution in [0.25, 0.3) is 0 Å². The van der Waals surface area contributed by atoms with Crippen LogP contribution < -0.4 is 0 Å². The van der Waals surface area contributed by atoms with E-state index < -0.39 is 23.7 Å². The van der Waals surface area contributed by atoms with Gasteiger partial charge in [0.2, 0.25) is 0 Å². The molecule has 2 rings (SSSR count). The average Bonchev–Trinajstić information content (AvgIpc) is 2.74. The van der Waals surface area contributed by atoms with Crippen molar-refractivity contribution in [3.05, 3.63) is 55.9 Å².